The van der Waals surface area contributed by atoms with Gasteiger partial charge in [-0.1, -0.05) is 12.1 Å². The maximum Gasteiger partial charge on any atom is 0.416 e. The molecule has 0 bridgehead atoms. The zero-order chi connectivity index (χ0) is 24.3. The number of halogens is 3. The predicted octanol–water partition coefficient (Wildman–Crippen LogP) is 4.24. The molecule has 1 aromatic heterocycles. The molecular weight excluding hydrogens is 447 g/mol. The highest BCUT2D eigenvalue weighted by atomic mass is 19.4. The van der Waals surface area contributed by atoms with Gasteiger partial charge in [-0.05, 0) is 36.8 Å². The quantitative estimate of drug-likeness (QED) is 0.602. The van der Waals surface area contributed by atoms with Crippen LogP contribution in [0.2, 0.25) is 0 Å². The number of amides is 2. The molecule has 1 saturated heterocycles. The van der Waals surface area contributed by atoms with E-state index < -0.39 is 11.7 Å². The molecule has 4 rings (SSSR count). The van der Waals surface area contributed by atoms with E-state index >= 15 is 0 Å². The smallest absolute Gasteiger partial charge is 0.416 e. The van der Waals surface area contributed by atoms with Crippen molar-refractivity contribution in [2.75, 3.05) is 38.2 Å². The third kappa shape index (κ3) is 5.27. The summed E-state index contributed by atoms with van der Waals surface area (Å²) in [7, 11) is 1.62. The van der Waals surface area contributed by atoms with Crippen molar-refractivity contribution in [2.45, 2.75) is 19.6 Å². The monoisotopic (exact) mass is 473 g/mol. The summed E-state index contributed by atoms with van der Waals surface area (Å²) in [6, 6.07) is 10.6. The number of benzene rings is 2. The molecule has 0 saturated carbocycles. The highest BCUT2D eigenvalue weighted by Crippen LogP contribution is 2.30. The molecule has 0 radical (unpaired) electrons. The lowest BCUT2D eigenvalue weighted by Crippen LogP contribution is -2.51. The normalized spacial score (nSPS) is 14.3. The van der Waals surface area contributed by atoms with E-state index in [4.69, 9.17) is 4.74 Å². The maximum atomic E-state index is 12.9. The number of piperazine rings is 1. The van der Waals surface area contributed by atoms with Crippen molar-refractivity contribution in [3.8, 4) is 11.4 Å². The van der Waals surface area contributed by atoms with Gasteiger partial charge in [0.05, 0.1) is 30.4 Å². The Morgan fingerprint density at radius 2 is 1.88 bits per heavy atom. The van der Waals surface area contributed by atoms with Crippen molar-refractivity contribution in [2.24, 2.45) is 0 Å². The Labute approximate surface area is 195 Å². The number of rotatable bonds is 5. The molecule has 2 amide bonds. The molecule has 0 atom stereocenters. The van der Waals surface area contributed by atoms with Crippen LogP contribution in [0, 0.1) is 6.92 Å². The largest absolute Gasteiger partial charge is 0.494 e. The molecule has 10 heteroatoms. The molecule has 7 nitrogen and oxygen atoms in total. The van der Waals surface area contributed by atoms with E-state index in [0.717, 1.165) is 35.0 Å². The maximum absolute atomic E-state index is 12.9. The number of aromatic nitrogens is 2. The number of alkyl halides is 3. The van der Waals surface area contributed by atoms with Gasteiger partial charge < -0.3 is 24.4 Å². The van der Waals surface area contributed by atoms with Crippen molar-refractivity contribution in [3.05, 3.63) is 71.8 Å². The molecule has 180 valence electrons. The average Bonchev–Trinajstić information content (AvgIpc) is 3.28. The van der Waals surface area contributed by atoms with Crippen LogP contribution in [0.1, 0.15) is 16.8 Å². The van der Waals surface area contributed by atoms with Crippen molar-refractivity contribution >= 4 is 11.7 Å². The number of urea groups is 1. The Morgan fingerprint density at radius 3 is 2.53 bits per heavy atom. The van der Waals surface area contributed by atoms with Gasteiger partial charge in [0.1, 0.15) is 5.75 Å². The number of aryl methyl sites for hydroxylation is 1. The van der Waals surface area contributed by atoms with Crippen molar-refractivity contribution in [1.82, 2.24) is 19.8 Å². The van der Waals surface area contributed by atoms with E-state index in [2.05, 4.69) is 15.2 Å². The van der Waals surface area contributed by atoms with Crippen LogP contribution in [0.4, 0.5) is 23.7 Å². The fourth-order valence-corrected chi connectivity index (χ4v) is 3.94. The summed E-state index contributed by atoms with van der Waals surface area (Å²) >= 11 is 0. The van der Waals surface area contributed by atoms with E-state index in [1.807, 2.05) is 35.9 Å². The number of ether oxygens (including phenoxy) is 1. The number of nitrogens with one attached hydrogen (secondary N) is 1. The fourth-order valence-electron chi connectivity index (χ4n) is 3.94. The van der Waals surface area contributed by atoms with Crippen LogP contribution < -0.4 is 15.0 Å². The minimum Gasteiger partial charge on any atom is -0.494 e. The van der Waals surface area contributed by atoms with Crippen LogP contribution in [-0.4, -0.2) is 53.8 Å². The molecule has 1 aliphatic heterocycles. The molecular formula is C24H26F3N5O2. The molecule has 3 aromatic rings. The number of anilines is 1. The van der Waals surface area contributed by atoms with Gasteiger partial charge in [0.25, 0.3) is 0 Å². The van der Waals surface area contributed by atoms with Gasteiger partial charge in [-0.3, -0.25) is 0 Å². The van der Waals surface area contributed by atoms with E-state index in [0.29, 0.717) is 31.7 Å². The number of carbonyl (C=O) groups excluding carboxylic acids is 1. The molecule has 1 N–H and O–H groups in total. The predicted molar refractivity (Wildman–Crippen MR) is 122 cm³/mol. The number of carbonyl (C=O) groups is 1. The van der Waals surface area contributed by atoms with Gasteiger partial charge in [-0.15, -0.1) is 0 Å². The Hall–Kier alpha value is -3.69. The molecule has 0 spiro atoms. The lowest BCUT2D eigenvalue weighted by Gasteiger charge is -2.36. The summed E-state index contributed by atoms with van der Waals surface area (Å²) in [6.45, 7) is 4.22. The summed E-state index contributed by atoms with van der Waals surface area (Å²) in [5.74, 6) is 0.719. The van der Waals surface area contributed by atoms with Crippen LogP contribution in [-0.2, 0) is 12.7 Å². The summed E-state index contributed by atoms with van der Waals surface area (Å²) < 4.78 is 46.1. The molecule has 0 aliphatic carbocycles. The van der Waals surface area contributed by atoms with E-state index in [1.165, 1.54) is 6.07 Å². The summed E-state index contributed by atoms with van der Waals surface area (Å²) in [6.07, 6.45) is -0.743. The molecule has 2 heterocycles. The van der Waals surface area contributed by atoms with Crippen LogP contribution in [0.3, 0.4) is 0 Å². The third-order valence-corrected chi connectivity index (χ3v) is 5.78. The Bertz CT molecular complexity index is 1150. The first-order chi connectivity index (χ1) is 16.2. The average molecular weight is 473 g/mol. The lowest BCUT2D eigenvalue weighted by molar-refractivity contribution is -0.137. The lowest BCUT2D eigenvalue weighted by atomic mass is 10.1. The summed E-state index contributed by atoms with van der Waals surface area (Å²) in [4.78, 5) is 20.6. The van der Waals surface area contributed by atoms with E-state index in [9.17, 15) is 18.0 Å². The first-order valence-corrected chi connectivity index (χ1v) is 10.9. The second-order valence-electron chi connectivity index (χ2n) is 8.11. The number of imidazole rings is 1. The second kappa shape index (κ2) is 9.66. The van der Waals surface area contributed by atoms with Crippen LogP contribution in [0.15, 0.2) is 55.0 Å². The zero-order valence-electron chi connectivity index (χ0n) is 19.0. The van der Waals surface area contributed by atoms with Crippen LogP contribution in [0.25, 0.3) is 5.69 Å². The van der Waals surface area contributed by atoms with Crippen molar-refractivity contribution in [1.29, 1.82) is 0 Å². The summed E-state index contributed by atoms with van der Waals surface area (Å²) in [5, 5.41) is 2.72. The van der Waals surface area contributed by atoms with E-state index in [-0.39, 0.29) is 12.6 Å². The topological polar surface area (TPSA) is 62.6 Å². The molecule has 34 heavy (non-hydrogen) atoms. The minimum atomic E-state index is -4.41. The Balaban J connectivity index is 1.34. The molecule has 1 aliphatic rings. The number of methoxy groups -OCH3 is 1. The number of hydrogen-bond acceptors (Lipinski definition) is 4. The number of hydrogen-bond donors (Lipinski definition) is 1. The first-order valence-electron chi connectivity index (χ1n) is 10.9. The highest BCUT2D eigenvalue weighted by molar-refractivity contribution is 5.74. The fraction of sp³-hybridized carbons (Fsp3) is 0.333. The second-order valence-corrected chi connectivity index (χ2v) is 8.11. The van der Waals surface area contributed by atoms with Crippen LogP contribution in [0.5, 0.6) is 5.75 Å². The summed E-state index contributed by atoms with van der Waals surface area (Å²) in [5.41, 5.74) is 2.47. The van der Waals surface area contributed by atoms with Crippen LogP contribution >= 0.6 is 0 Å². The first kappa shape index (κ1) is 23.5. The minimum absolute atomic E-state index is 0.0371. The number of nitrogens with zero attached hydrogens (tertiary/aromatic N) is 4. The third-order valence-electron chi connectivity index (χ3n) is 5.78. The van der Waals surface area contributed by atoms with Gasteiger partial charge >= 0.3 is 12.2 Å². The Kier molecular flexibility index (Phi) is 6.67. The van der Waals surface area contributed by atoms with Gasteiger partial charge in [-0.2, -0.15) is 13.2 Å². The van der Waals surface area contributed by atoms with Gasteiger partial charge in [0.2, 0.25) is 0 Å². The van der Waals surface area contributed by atoms with E-state index in [1.54, 1.807) is 24.4 Å². The van der Waals surface area contributed by atoms with Gasteiger partial charge in [-0.25, -0.2) is 9.78 Å². The molecule has 0 unspecified atom stereocenters. The Morgan fingerprint density at radius 1 is 1.12 bits per heavy atom. The standard InChI is InChI=1S/C24H26F3N5O2/c1-17-15-32(16-29-17)21-7-6-20(13-22(21)34-2)30-8-10-31(11-9-30)23(33)28-14-18-4-3-5-19(12-18)24(25,26)27/h3-7,12-13,15-16H,8-11,14H2,1-2H3,(H,28,33). The zero-order valence-corrected chi connectivity index (χ0v) is 19.0. The molecule has 1 fully saturated rings. The van der Waals surface area contributed by atoms with Gasteiger partial charge in [0.15, 0.2) is 0 Å². The SMILES string of the molecule is COc1cc(N2CCN(C(=O)NCc3cccc(C(F)(F)F)c3)CC2)ccc1-n1cnc(C)c1. The van der Waals surface area contributed by atoms with Crippen molar-refractivity contribution in [3.63, 3.8) is 0 Å². The highest BCUT2D eigenvalue weighted by Gasteiger charge is 2.30. The van der Waals surface area contributed by atoms with Gasteiger partial charge in [0, 0.05) is 50.7 Å². The molecule has 2 aromatic carbocycles. The van der Waals surface area contributed by atoms with Crippen molar-refractivity contribution < 1.29 is 22.7 Å².